The Labute approximate surface area is 89.1 Å². The van der Waals surface area contributed by atoms with Crippen LogP contribution in [0.2, 0.25) is 0 Å². The molecule has 2 N–H and O–H groups in total. The van der Waals surface area contributed by atoms with Crippen LogP contribution in [0, 0.1) is 0 Å². The Hall–Kier alpha value is -0.830. The second kappa shape index (κ2) is 4.79. The van der Waals surface area contributed by atoms with Crippen LogP contribution >= 0.6 is 7.60 Å². The molecule has 0 bridgehead atoms. The standard InChI is InChI=1S/C10H15O4P/c1-3-8(2)14-9-6-4-5-7-10(9)15(11,12)13/h4-8H,3H2,1-2H3,(H2,11,12,13). The SMILES string of the molecule is CCC(C)Oc1ccccc1P(=O)(O)O. The zero-order valence-corrected chi connectivity index (χ0v) is 9.65. The van der Waals surface area contributed by atoms with Gasteiger partial charge in [0.15, 0.2) is 0 Å². The summed E-state index contributed by atoms with van der Waals surface area (Å²) in [6.45, 7) is 3.81. The summed E-state index contributed by atoms with van der Waals surface area (Å²) in [5.74, 6) is 0.264. The lowest BCUT2D eigenvalue weighted by Gasteiger charge is -2.16. The van der Waals surface area contributed by atoms with E-state index in [0.717, 1.165) is 6.42 Å². The summed E-state index contributed by atoms with van der Waals surface area (Å²) in [4.78, 5) is 18.2. The fourth-order valence-corrected chi connectivity index (χ4v) is 1.79. The van der Waals surface area contributed by atoms with Gasteiger partial charge in [0.25, 0.3) is 0 Å². The van der Waals surface area contributed by atoms with Crippen molar-refractivity contribution in [2.45, 2.75) is 26.4 Å². The van der Waals surface area contributed by atoms with Crippen LogP contribution < -0.4 is 10.0 Å². The Morgan fingerprint density at radius 3 is 2.53 bits per heavy atom. The molecule has 0 heterocycles. The van der Waals surface area contributed by atoms with Crippen LogP contribution in [0.3, 0.4) is 0 Å². The number of ether oxygens (including phenoxy) is 1. The quantitative estimate of drug-likeness (QED) is 0.772. The van der Waals surface area contributed by atoms with Crippen molar-refractivity contribution in [3.63, 3.8) is 0 Å². The summed E-state index contributed by atoms with van der Waals surface area (Å²) >= 11 is 0. The third-order valence-electron chi connectivity index (χ3n) is 2.08. The molecule has 0 aliphatic carbocycles. The minimum absolute atomic E-state index is 0.0506. The van der Waals surface area contributed by atoms with Crippen molar-refractivity contribution >= 4 is 12.9 Å². The minimum Gasteiger partial charge on any atom is -0.490 e. The molecular weight excluding hydrogens is 215 g/mol. The molecule has 4 nitrogen and oxygen atoms in total. The predicted molar refractivity (Wildman–Crippen MR) is 58.5 cm³/mol. The van der Waals surface area contributed by atoms with E-state index < -0.39 is 7.60 Å². The van der Waals surface area contributed by atoms with Crippen LogP contribution in [0.5, 0.6) is 5.75 Å². The molecule has 1 atom stereocenters. The highest BCUT2D eigenvalue weighted by Crippen LogP contribution is 2.37. The third kappa shape index (κ3) is 3.34. The van der Waals surface area contributed by atoms with Gasteiger partial charge in [-0.05, 0) is 25.5 Å². The van der Waals surface area contributed by atoms with Gasteiger partial charge in [-0.2, -0.15) is 0 Å². The average Bonchev–Trinajstić information content (AvgIpc) is 2.17. The number of hydrogen-bond acceptors (Lipinski definition) is 2. The van der Waals surface area contributed by atoms with Gasteiger partial charge < -0.3 is 14.5 Å². The number of benzene rings is 1. The van der Waals surface area contributed by atoms with Gasteiger partial charge >= 0.3 is 7.60 Å². The highest BCUT2D eigenvalue weighted by molar-refractivity contribution is 7.60. The largest absolute Gasteiger partial charge is 0.490 e. The summed E-state index contributed by atoms with van der Waals surface area (Å²) in [7, 11) is -4.25. The molecule has 0 aromatic heterocycles. The van der Waals surface area contributed by atoms with Gasteiger partial charge in [0, 0.05) is 0 Å². The van der Waals surface area contributed by atoms with Gasteiger partial charge in [-0.1, -0.05) is 19.1 Å². The van der Waals surface area contributed by atoms with Gasteiger partial charge in [0.1, 0.15) is 11.1 Å². The Morgan fingerprint density at radius 2 is 2.00 bits per heavy atom. The van der Waals surface area contributed by atoms with E-state index in [4.69, 9.17) is 14.5 Å². The van der Waals surface area contributed by atoms with Crippen molar-refractivity contribution in [1.82, 2.24) is 0 Å². The van der Waals surface area contributed by atoms with Crippen LogP contribution in [-0.2, 0) is 4.57 Å². The summed E-state index contributed by atoms with van der Waals surface area (Å²) in [5.41, 5.74) is 0. The molecule has 1 aromatic rings. The Balaban J connectivity index is 3.02. The zero-order chi connectivity index (χ0) is 11.5. The first-order valence-corrected chi connectivity index (χ1v) is 6.38. The van der Waals surface area contributed by atoms with Crippen molar-refractivity contribution in [2.75, 3.05) is 0 Å². The smallest absolute Gasteiger partial charge is 0.359 e. The van der Waals surface area contributed by atoms with Gasteiger partial charge in [0.05, 0.1) is 6.10 Å². The minimum atomic E-state index is -4.25. The topological polar surface area (TPSA) is 66.8 Å². The van der Waals surface area contributed by atoms with E-state index >= 15 is 0 Å². The molecule has 0 fully saturated rings. The van der Waals surface area contributed by atoms with Crippen LogP contribution in [0.15, 0.2) is 24.3 Å². The van der Waals surface area contributed by atoms with Crippen LogP contribution in [0.1, 0.15) is 20.3 Å². The van der Waals surface area contributed by atoms with Crippen molar-refractivity contribution < 1.29 is 19.1 Å². The molecule has 0 aliphatic heterocycles. The predicted octanol–water partition coefficient (Wildman–Crippen LogP) is 1.67. The molecule has 0 radical (unpaired) electrons. The second-order valence-corrected chi connectivity index (χ2v) is 4.92. The molecule has 5 heteroatoms. The summed E-state index contributed by atoms with van der Waals surface area (Å²) in [6.07, 6.45) is 0.730. The van der Waals surface area contributed by atoms with Crippen LogP contribution in [0.25, 0.3) is 0 Å². The Kier molecular flexibility index (Phi) is 3.91. The summed E-state index contributed by atoms with van der Waals surface area (Å²) in [5, 5.41) is -0.0506. The van der Waals surface area contributed by atoms with Crippen molar-refractivity contribution in [3.8, 4) is 5.75 Å². The molecule has 0 saturated heterocycles. The van der Waals surface area contributed by atoms with E-state index in [1.807, 2.05) is 13.8 Å². The molecule has 0 saturated carbocycles. The van der Waals surface area contributed by atoms with Gasteiger partial charge in [-0.25, -0.2) is 0 Å². The lowest BCUT2D eigenvalue weighted by atomic mass is 10.3. The van der Waals surface area contributed by atoms with Gasteiger partial charge in [-0.3, -0.25) is 4.57 Å². The monoisotopic (exact) mass is 230 g/mol. The van der Waals surface area contributed by atoms with Crippen molar-refractivity contribution in [2.24, 2.45) is 0 Å². The molecule has 1 rings (SSSR count). The maximum atomic E-state index is 11.1. The van der Waals surface area contributed by atoms with Gasteiger partial charge in [0.2, 0.25) is 0 Å². The van der Waals surface area contributed by atoms with Crippen molar-refractivity contribution in [3.05, 3.63) is 24.3 Å². The first kappa shape index (κ1) is 12.2. The van der Waals surface area contributed by atoms with E-state index in [9.17, 15) is 4.57 Å². The summed E-state index contributed by atoms with van der Waals surface area (Å²) < 4.78 is 16.6. The zero-order valence-electron chi connectivity index (χ0n) is 8.75. The molecule has 15 heavy (non-hydrogen) atoms. The van der Waals surface area contributed by atoms with E-state index in [0.29, 0.717) is 0 Å². The molecule has 84 valence electrons. The molecule has 1 unspecified atom stereocenters. The van der Waals surface area contributed by atoms with E-state index in [1.165, 1.54) is 6.07 Å². The first-order valence-electron chi connectivity index (χ1n) is 4.77. The maximum absolute atomic E-state index is 11.1. The lowest BCUT2D eigenvalue weighted by molar-refractivity contribution is 0.218. The van der Waals surface area contributed by atoms with Crippen molar-refractivity contribution in [1.29, 1.82) is 0 Å². The lowest BCUT2D eigenvalue weighted by Crippen LogP contribution is -2.16. The van der Waals surface area contributed by atoms with E-state index in [2.05, 4.69) is 0 Å². The fourth-order valence-electron chi connectivity index (χ4n) is 1.10. The molecular formula is C10H15O4P. The normalized spacial score (nSPS) is 13.6. The second-order valence-electron chi connectivity index (χ2n) is 3.35. The van der Waals surface area contributed by atoms with Crippen LogP contribution in [0.4, 0.5) is 0 Å². The maximum Gasteiger partial charge on any atom is 0.359 e. The fraction of sp³-hybridized carbons (Fsp3) is 0.400. The van der Waals surface area contributed by atoms with E-state index in [1.54, 1.807) is 18.2 Å². The van der Waals surface area contributed by atoms with E-state index in [-0.39, 0.29) is 17.2 Å². The highest BCUT2D eigenvalue weighted by Gasteiger charge is 2.22. The van der Waals surface area contributed by atoms with Gasteiger partial charge in [-0.15, -0.1) is 0 Å². The molecule has 0 aliphatic rings. The number of para-hydroxylation sites is 1. The molecule has 1 aromatic carbocycles. The summed E-state index contributed by atoms with van der Waals surface area (Å²) in [6, 6.07) is 6.23. The van der Waals surface area contributed by atoms with Crippen LogP contribution in [-0.4, -0.2) is 15.9 Å². The average molecular weight is 230 g/mol. The molecule has 0 amide bonds. The Morgan fingerprint density at radius 1 is 1.40 bits per heavy atom. The number of hydrogen-bond donors (Lipinski definition) is 2. The first-order chi connectivity index (χ1) is 6.95. The molecule has 0 spiro atoms. The number of rotatable bonds is 4. The Bertz CT molecular complexity index is 371. The highest BCUT2D eigenvalue weighted by atomic mass is 31.2. The third-order valence-corrected chi connectivity index (χ3v) is 3.08.